The van der Waals surface area contributed by atoms with Gasteiger partial charge in [-0.25, -0.2) is 17.5 Å². The first-order chi connectivity index (χ1) is 11.2. The van der Waals surface area contributed by atoms with Crippen LogP contribution in [0.1, 0.15) is 22.3 Å². The summed E-state index contributed by atoms with van der Waals surface area (Å²) in [5.74, 6) is 0.287. The van der Waals surface area contributed by atoms with Gasteiger partial charge >= 0.3 is 0 Å². The van der Waals surface area contributed by atoms with Crippen LogP contribution >= 0.6 is 0 Å². The molecule has 130 valence electrons. The Hall–Kier alpha value is -1.92. The van der Waals surface area contributed by atoms with Crippen molar-refractivity contribution in [3.63, 3.8) is 0 Å². The van der Waals surface area contributed by atoms with Crippen LogP contribution < -0.4 is 9.46 Å². The Morgan fingerprint density at radius 1 is 0.958 bits per heavy atom. The molecule has 1 N–H and O–H groups in total. The second kappa shape index (κ2) is 7.32. The molecule has 2 rings (SSSR count). The van der Waals surface area contributed by atoms with Gasteiger partial charge in [-0.15, -0.1) is 0 Å². The number of hydrogen-bond donors (Lipinski definition) is 1. The first-order valence-corrected chi connectivity index (χ1v) is 9.15. The number of benzene rings is 2. The van der Waals surface area contributed by atoms with E-state index in [1.54, 1.807) is 6.92 Å². The third kappa shape index (κ3) is 4.33. The topological polar surface area (TPSA) is 55.4 Å². The molecule has 0 spiro atoms. The Labute approximate surface area is 142 Å². The zero-order valence-corrected chi connectivity index (χ0v) is 15.1. The van der Waals surface area contributed by atoms with E-state index in [1.807, 2.05) is 32.9 Å². The summed E-state index contributed by atoms with van der Waals surface area (Å²) in [6.07, 6.45) is 0. The number of sulfonamides is 1. The summed E-state index contributed by atoms with van der Waals surface area (Å²) in [7, 11) is -3.68. The van der Waals surface area contributed by atoms with Crippen LogP contribution in [0.4, 0.5) is 4.39 Å². The lowest BCUT2D eigenvalue weighted by molar-refractivity contribution is 0.320. The lowest BCUT2D eigenvalue weighted by Crippen LogP contribution is -2.29. The number of aryl methyl sites for hydroxylation is 4. The highest BCUT2D eigenvalue weighted by molar-refractivity contribution is 7.89. The van der Waals surface area contributed by atoms with E-state index >= 15 is 0 Å². The molecule has 0 aliphatic rings. The van der Waals surface area contributed by atoms with Gasteiger partial charge in [0.2, 0.25) is 10.0 Å². The SMILES string of the molecule is Cc1cc(C)c(OCCNS(=O)(=O)c2ccc(F)cc2C)cc1C. The molecular weight excluding hydrogens is 329 g/mol. The van der Waals surface area contributed by atoms with E-state index in [2.05, 4.69) is 4.72 Å². The fraction of sp³-hybridized carbons (Fsp3) is 0.333. The number of hydrogen-bond acceptors (Lipinski definition) is 3. The zero-order chi connectivity index (χ0) is 17.9. The Kier molecular flexibility index (Phi) is 5.62. The van der Waals surface area contributed by atoms with Crippen LogP contribution in [-0.2, 0) is 10.0 Å². The molecule has 0 atom stereocenters. The lowest BCUT2D eigenvalue weighted by Gasteiger charge is -2.13. The van der Waals surface area contributed by atoms with Crippen LogP contribution in [0.5, 0.6) is 5.75 Å². The second-order valence-electron chi connectivity index (χ2n) is 5.86. The van der Waals surface area contributed by atoms with Crippen molar-refractivity contribution in [1.29, 1.82) is 0 Å². The lowest BCUT2D eigenvalue weighted by atomic mass is 10.1. The molecule has 0 bridgehead atoms. The maximum Gasteiger partial charge on any atom is 0.240 e. The molecule has 0 aliphatic carbocycles. The fourth-order valence-electron chi connectivity index (χ4n) is 2.42. The standard InChI is InChI=1S/C18H22FNO3S/c1-12-9-14(3)17(11-13(12)2)23-8-7-20-24(21,22)18-6-5-16(19)10-15(18)4/h5-6,9-11,20H,7-8H2,1-4H3. The Morgan fingerprint density at radius 2 is 1.62 bits per heavy atom. The molecule has 0 unspecified atom stereocenters. The Morgan fingerprint density at radius 3 is 2.29 bits per heavy atom. The van der Waals surface area contributed by atoms with Gasteiger partial charge in [0.15, 0.2) is 0 Å². The van der Waals surface area contributed by atoms with Gasteiger partial charge in [-0.05, 0) is 74.2 Å². The van der Waals surface area contributed by atoms with Gasteiger partial charge in [-0.3, -0.25) is 0 Å². The van der Waals surface area contributed by atoms with Crippen LogP contribution in [0.15, 0.2) is 35.2 Å². The van der Waals surface area contributed by atoms with Gasteiger partial charge in [-0.1, -0.05) is 6.07 Å². The molecule has 2 aromatic rings. The minimum atomic E-state index is -3.68. The minimum Gasteiger partial charge on any atom is -0.492 e. The van der Waals surface area contributed by atoms with Gasteiger partial charge in [0, 0.05) is 6.54 Å². The monoisotopic (exact) mass is 351 g/mol. The molecular formula is C18H22FNO3S. The van der Waals surface area contributed by atoms with Crippen molar-refractivity contribution in [1.82, 2.24) is 4.72 Å². The molecule has 0 aromatic heterocycles. The summed E-state index contributed by atoms with van der Waals surface area (Å²) >= 11 is 0. The van der Waals surface area contributed by atoms with Crippen molar-refractivity contribution in [2.75, 3.05) is 13.2 Å². The van der Waals surface area contributed by atoms with Gasteiger partial charge in [-0.2, -0.15) is 0 Å². The molecule has 0 amide bonds. The molecule has 0 radical (unpaired) electrons. The van der Waals surface area contributed by atoms with Gasteiger partial charge in [0.1, 0.15) is 18.2 Å². The Bertz CT molecular complexity index is 848. The minimum absolute atomic E-state index is 0.0752. The summed E-state index contributed by atoms with van der Waals surface area (Å²) in [5, 5.41) is 0. The van der Waals surface area contributed by atoms with Crippen molar-refractivity contribution in [3.05, 3.63) is 58.4 Å². The predicted octanol–water partition coefficient (Wildman–Crippen LogP) is 3.42. The van der Waals surface area contributed by atoms with E-state index in [0.717, 1.165) is 22.9 Å². The van der Waals surface area contributed by atoms with E-state index in [1.165, 1.54) is 17.7 Å². The molecule has 24 heavy (non-hydrogen) atoms. The number of rotatable bonds is 6. The van der Waals surface area contributed by atoms with Crippen molar-refractivity contribution in [3.8, 4) is 5.75 Å². The number of halogens is 1. The average Bonchev–Trinajstić information content (AvgIpc) is 2.48. The average molecular weight is 351 g/mol. The highest BCUT2D eigenvalue weighted by atomic mass is 32.2. The molecule has 0 saturated carbocycles. The van der Waals surface area contributed by atoms with E-state index < -0.39 is 15.8 Å². The summed E-state index contributed by atoms with van der Waals surface area (Å²) < 4.78 is 45.7. The van der Waals surface area contributed by atoms with Crippen molar-refractivity contribution < 1.29 is 17.5 Å². The maximum atomic E-state index is 13.1. The second-order valence-corrected chi connectivity index (χ2v) is 7.59. The third-order valence-electron chi connectivity index (χ3n) is 3.87. The van der Waals surface area contributed by atoms with Gasteiger partial charge in [0.05, 0.1) is 4.90 Å². The van der Waals surface area contributed by atoms with Crippen LogP contribution in [0.2, 0.25) is 0 Å². The zero-order valence-electron chi connectivity index (χ0n) is 14.3. The van der Waals surface area contributed by atoms with E-state index in [4.69, 9.17) is 4.74 Å². The first kappa shape index (κ1) is 18.4. The van der Waals surface area contributed by atoms with Crippen LogP contribution in [0.3, 0.4) is 0 Å². The molecule has 0 fully saturated rings. The number of ether oxygens (including phenoxy) is 1. The molecule has 2 aromatic carbocycles. The smallest absolute Gasteiger partial charge is 0.240 e. The normalized spacial score (nSPS) is 11.5. The van der Waals surface area contributed by atoms with Crippen molar-refractivity contribution in [2.45, 2.75) is 32.6 Å². The third-order valence-corrected chi connectivity index (χ3v) is 5.49. The fourth-order valence-corrected chi connectivity index (χ4v) is 3.66. The summed E-state index contributed by atoms with van der Waals surface area (Å²) in [6.45, 7) is 7.89. The highest BCUT2D eigenvalue weighted by Crippen LogP contribution is 2.22. The Balaban J connectivity index is 1.98. The summed E-state index contributed by atoms with van der Waals surface area (Å²) in [4.78, 5) is 0.0752. The van der Waals surface area contributed by atoms with Crippen LogP contribution in [0, 0.1) is 33.5 Å². The summed E-state index contributed by atoms with van der Waals surface area (Å²) in [6, 6.07) is 7.58. The molecule has 0 aliphatic heterocycles. The quantitative estimate of drug-likeness (QED) is 0.812. The van der Waals surface area contributed by atoms with E-state index in [9.17, 15) is 12.8 Å². The summed E-state index contributed by atoms with van der Waals surface area (Å²) in [5.41, 5.74) is 3.69. The van der Waals surface area contributed by atoms with Crippen molar-refractivity contribution in [2.24, 2.45) is 0 Å². The predicted molar refractivity (Wildman–Crippen MR) is 92.5 cm³/mol. The van der Waals surface area contributed by atoms with Crippen LogP contribution in [-0.4, -0.2) is 21.6 Å². The highest BCUT2D eigenvalue weighted by Gasteiger charge is 2.16. The van der Waals surface area contributed by atoms with Gasteiger partial charge < -0.3 is 4.74 Å². The molecule has 0 heterocycles. The van der Waals surface area contributed by atoms with Gasteiger partial charge in [0.25, 0.3) is 0 Å². The van der Waals surface area contributed by atoms with E-state index in [0.29, 0.717) is 5.56 Å². The van der Waals surface area contributed by atoms with E-state index in [-0.39, 0.29) is 18.0 Å². The maximum absolute atomic E-state index is 13.1. The van der Waals surface area contributed by atoms with Crippen molar-refractivity contribution >= 4 is 10.0 Å². The number of nitrogens with one attached hydrogen (secondary N) is 1. The first-order valence-electron chi connectivity index (χ1n) is 7.67. The molecule has 4 nitrogen and oxygen atoms in total. The largest absolute Gasteiger partial charge is 0.492 e. The van der Waals surface area contributed by atoms with Crippen LogP contribution in [0.25, 0.3) is 0 Å². The molecule has 0 saturated heterocycles. The molecule has 6 heteroatoms.